The van der Waals surface area contributed by atoms with Gasteiger partial charge in [-0.3, -0.25) is 4.99 Å². The summed E-state index contributed by atoms with van der Waals surface area (Å²) >= 11 is 0. The van der Waals surface area contributed by atoms with Crippen molar-refractivity contribution < 1.29 is 0 Å². The Morgan fingerprint density at radius 2 is 1.92 bits per heavy atom. The van der Waals surface area contributed by atoms with Gasteiger partial charge in [0.2, 0.25) is 0 Å². The van der Waals surface area contributed by atoms with Gasteiger partial charge in [0.1, 0.15) is 0 Å². The van der Waals surface area contributed by atoms with Gasteiger partial charge in [-0.25, -0.2) is 0 Å². The number of allylic oxidation sites excluding steroid dienone is 2. The van der Waals surface area contributed by atoms with Crippen molar-refractivity contribution in [3.63, 3.8) is 0 Å². The summed E-state index contributed by atoms with van der Waals surface area (Å²) in [7, 11) is 0. The Morgan fingerprint density at radius 1 is 1.25 bits per heavy atom. The second kappa shape index (κ2) is 4.29. The van der Waals surface area contributed by atoms with Crippen molar-refractivity contribution >= 4 is 12.4 Å². The maximum atomic E-state index is 3.89. The van der Waals surface area contributed by atoms with Gasteiger partial charge in [0.25, 0.3) is 0 Å². The lowest BCUT2D eigenvalue weighted by Crippen LogP contribution is -1.77. The molecule has 1 heteroatoms. The Kier molecular flexibility index (Phi) is 3.03. The monoisotopic (exact) mass is 157 g/mol. The Labute approximate surface area is 72.8 Å². The van der Waals surface area contributed by atoms with Gasteiger partial charge >= 0.3 is 0 Å². The van der Waals surface area contributed by atoms with Crippen molar-refractivity contribution in [2.24, 2.45) is 4.99 Å². The fraction of sp³-hybridized carbons (Fsp3) is 0. The van der Waals surface area contributed by atoms with Crippen LogP contribution in [0.25, 0.3) is 5.70 Å². The Hall–Kier alpha value is -1.63. The molecule has 0 fully saturated rings. The first-order valence-corrected chi connectivity index (χ1v) is 3.73. The van der Waals surface area contributed by atoms with Crippen LogP contribution in [-0.4, -0.2) is 6.72 Å². The Morgan fingerprint density at radius 3 is 2.42 bits per heavy atom. The molecule has 1 rings (SSSR count). The third-order valence-electron chi connectivity index (χ3n) is 1.52. The van der Waals surface area contributed by atoms with E-state index >= 15 is 0 Å². The average molecular weight is 157 g/mol. The van der Waals surface area contributed by atoms with Gasteiger partial charge in [-0.2, -0.15) is 0 Å². The van der Waals surface area contributed by atoms with Gasteiger partial charge in [-0.1, -0.05) is 43.0 Å². The van der Waals surface area contributed by atoms with Crippen LogP contribution >= 0.6 is 0 Å². The van der Waals surface area contributed by atoms with E-state index in [9.17, 15) is 0 Å². The van der Waals surface area contributed by atoms with E-state index in [0.717, 1.165) is 11.3 Å². The molecule has 0 spiro atoms. The molecule has 60 valence electrons. The average Bonchev–Trinajstić information content (AvgIpc) is 2.15. The molecule has 1 aromatic rings. The standard InChI is InChI=1S/C11H11N/c1-3-7-11(12-2)10-8-5-4-6-9-10/h3-9H,1-2H2. The van der Waals surface area contributed by atoms with E-state index in [4.69, 9.17) is 0 Å². The number of benzene rings is 1. The normalized spacial score (nSPS) is 10.8. The van der Waals surface area contributed by atoms with E-state index in [2.05, 4.69) is 18.3 Å². The lowest BCUT2D eigenvalue weighted by molar-refractivity contribution is 1.52. The molecule has 0 radical (unpaired) electrons. The van der Waals surface area contributed by atoms with Crippen molar-refractivity contribution in [1.82, 2.24) is 0 Å². The summed E-state index contributed by atoms with van der Waals surface area (Å²) in [6.45, 7) is 7.10. The summed E-state index contributed by atoms with van der Waals surface area (Å²) in [5.74, 6) is 0. The van der Waals surface area contributed by atoms with Crippen LogP contribution in [0.5, 0.6) is 0 Å². The minimum Gasteiger partial charge on any atom is -0.264 e. The lowest BCUT2D eigenvalue weighted by Gasteiger charge is -1.98. The first-order valence-electron chi connectivity index (χ1n) is 3.73. The molecule has 12 heavy (non-hydrogen) atoms. The predicted octanol–water partition coefficient (Wildman–Crippen LogP) is 2.91. The van der Waals surface area contributed by atoms with E-state index in [1.54, 1.807) is 6.08 Å². The molecule has 0 aliphatic carbocycles. The summed E-state index contributed by atoms with van der Waals surface area (Å²) in [6.07, 6.45) is 3.54. The summed E-state index contributed by atoms with van der Waals surface area (Å²) in [5, 5.41) is 0. The van der Waals surface area contributed by atoms with Crippen LogP contribution in [0.1, 0.15) is 5.56 Å². The zero-order valence-electron chi connectivity index (χ0n) is 6.90. The van der Waals surface area contributed by atoms with Crippen molar-refractivity contribution in [2.45, 2.75) is 0 Å². The molecule has 0 unspecified atom stereocenters. The second-order valence-electron chi connectivity index (χ2n) is 2.31. The van der Waals surface area contributed by atoms with Crippen molar-refractivity contribution in [3.05, 3.63) is 54.6 Å². The van der Waals surface area contributed by atoms with Gasteiger partial charge in [-0.05, 0) is 12.8 Å². The first kappa shape index (κ1) is 8.47. The van der Waals surface area contributed by atoms with Crippen LogP contribution in [0, 0.1) is 0 Å². The fourth-order valence-electron chi connectivity index (χ4n) is 0.961. The van der Waals surface area contributed by atoms with Crippen LogP contribution in [0.2, 0.25) is 0 Å². The Balaban J connectivity index is 3.03. The zero-order chi connectivity index (χ0) is 8.81. The molecular weight excluding hydrogens is 146 g/mol. The summed E-state index contributed by atoms with van der Waals surface area (Å²) in [6, 6.07) is 9.89. The number of nitrogens with zero attached hydrogens (tertiary/aromatic N) is 1. The van der Waals surface area contributed by atoms with Gasteiger partial charge in [-0.15, -0.1) is 0 Å². The number of aliphatic imine (C=N–C) groups is 1. The van der Waals surface area contributed by atoms with Crippen molar-refractivity contribution in [2.75, 3.05) is 0 Å². The highest BCUT2D eigenvalue weighted by Gasteiger charge is 1.93. The number of hydrogen-bond donors (Lipinski definition) is 0. The largest absolute Gasteiger partial charge is 0.264 e. The molecule has 1 nitrogen and oxygen atoms in total. The molecule has 0 aliphatic rings. The van der Waals surface area contributed by atoms with E-state index in [-0.39, 0.29) is 0 Å². The quantitative estimate of drug-likeness (QED) is 0.472. The molecular formula is C11H11N. The number of rotatable bonds is 3. The molecule has 0 aromatic heterocycles. The molecule has 0 saturated carbocycles. The minimum absolute atomic E-state index is 0.852. The van der Waals surface area contributed by atoms with Gasteiger partial charge in [0.15, 0.2) is 0 Å². The first-order chi connectivity index (χ1) is 5.88. The van der Waals surface area contributed by atoms with E-state index in [0.29, 0.717) is 0 Å². The predicted molar refractivity (Wildman–Crippen MR) is 54.2 cm³/mol. The second-order valence-corrected chi connectivity index (χ2v) is 2.31. The summed E-state index contributed by atoms with van der Waals surface area (Å²) in [4.78, 5) is 3.89. The number of hydrogen-bond acceptors (Lipinski definition) is 1. The smallest absolute Gasteiger partial charge is 0.0694 e. The Bertz CT molecular complexity index is 296. The maximum absolute atomic E-state index is 3.89. The molecule has 0 N–H and O–H groups in total. The maximum Gasteiger partial charge on any atom is 0.0694 e. The highest BCUT2D eigenvalue weighted by atomic mass is 14.7. The van der Waals surface area contributed by atoms with Gasteiger partial charge < -0.3 is 0 Å². The van der Waals surface area contributed by atoms with Crippen molar-refractivity contribution in [3.8, 4) is 0 Å². The van der Waals surface area contributed by atoms with Crippen molar-refractivity contribution in [1.29, 1.82) is 0 Å². The summed E-state index contributed by atoms with van der Waals surface area (Å²) in [5.41, 5.74) is 1.91. The van der Waals surface area contributed by atoms with Gasteiger partial charge in [0.05, 0.1) is 5.70 Å². The molecule has 0 saturated heterocycles. The summed E-state index contributed by atoms with van der Waals surface area (Å²) < 4.78 is 0. The van der Waals surface area contributed by atoms with Crippen LogP contribution < -0.4 is 0 Å². The third-order valence-corrected chi connectivity index (χ3v) is 1.52. The molecule has 0 heterocycles. The SMILES string of the molecule is C=CC=C(N=C)c1ccccc1. The molecule has 1 aromatic carbocycles. The zero-order valence-corrected chi connectivity index (χ0v) is 6.90. The lowest BCUT2D eigenvalue weighted by atomic mass is 10.1. The van der Waals surface area contributed by atoms with Gasteiger partial charge in [0, 0.05) is 5.56 Å². The third kappa shape index (κ3) is 1.92. The minimum atomic E-state index is 0.852. The molecule has 0 bridgehead atoms. The molecule has 0 aliphatic heterocycles. The topological polar surface area (TPSA) is 12.4 Å². The molecule has 0 atom stereocenters. The van der Waals surface area contributed by atoms with E-state index < -0.39 is 0 Å². The highest BCUT2D eigenvalue weighted by Crippen LogP contribution is 2.13. The highest BCUT2D eigenvalue weighted by molar-refractivity contribution is 5.68. The van der Waals surface area contributed by atoms with Crippen LogP contribution in [-0.2, 0) is 0 Å². The van der Waals surface area contributed by atoms with Crippen LogP contribution in [0.4, 0.5) is 0 Å². The van der Waals surface area contributed by atoms with E-state index in [1.807, 2.05) is 36.4 Å². The van der Waals surface area contributed by atoms with Crippen LogP contribution in [0.15, 0.2) is 54.1 Å². The van der Waals surface area contributed by atoms with E-state index in [1.165, 1.54) is 0 Å². The molecule has 0 amide bonds. The fourth-order valence-corrected chi connectivity index (χ4v) is 0.961. The van der Waals surface area contributed by atoms with Crippen LogP contribution in [0.3, 0.4) is 0 Å².